The van der Waals surface area contributed by atoms with Crippen LogP contribution >= 0.6 is 11.3 Å². The second-order valence-electron chi connectivity index (χ2n) is 3.47. The Bertz CT molecular complexity index is 519. The highest BCUT2D eigenvalue weighted by atomic mass is 32.1. The van der Waals surface area contributed by atoms with E-state index >= 15 is 0 Å². The van der Waals surface area contributed by atoms with Crippen molar-refractivity contribution in [1.29, 1.82) is 0 Å². The van der Waals surface area contributed by atoms with Gasteiger partial charge in [-0.05, 0) is 35.5 Å². The van der Waals surface area contributed by atoms with Crippen LogP contribution in [0.4, 0.5) is 0 Å². The van der Waals surface area contributed by atoms with Crippen LogP contribution in [-0.2, 0) is 0 Å². The molecule has 0 unspecified atom stereocenters. The van der Waals surface area contributed by atoms with Crippen molar-refractivity contribution in [2.24, 2.45) is 5.73 Å². The van der Waals surface area contributed by atoms with Crippen LogP contribution in [0.5, 0.6) is 5.75 Å². The maximum absolute atomic E-state index is 11.8. The molecule has 2 N–H and O–H groups in total. The maximum Gasteiger partial charge on any atom is 0.167 e. The number of hydrogen-bond donors (Lipinski definition) is 1. The zero-order chi connectivity index (χ0) is 11.5. The summed E-state index contributed by atoms with van der Waals surface area (Å²) < 4.78 is 6.33. The molecule has 2 rings (SSSR count). The molecule has 1 aromatic carbocycles. The third kappa shape index (κ3) is 1.94. The Morgan fingerprint density at radius 3 is 3.00 bits per heavy atom. The van der Waals surface area contributed by atoms with Gasteiger partial charge in [0, 0.05) is 11.1 Å². The lowest BCUT2D eigenvalue weighted by atomic mass is 10.1. The number of nitrogens with two attached hydrogens (primary N) is 1. The van der Waals surface area contributed by atoms with Crippen molar-refractivity contribution in [1.82, 2.24) is 0 Å². The fraction of sp³-hybridized carbons (Fsp3) is 0.250. The Morgan fingerprint density at radius 2 is 2.31 bits per heavy atom. The van der Waals surface area contributed by atoms with Gasteiger partial charge in [0.15, 0.2) is 5.78 Å². The van der Waals surface area contributed by atoms with E-state index < -0.39 is 0 Å². The molecule has 16 heavy (non-hydrogen) atoms. The van der Waals surface area contributed by atoms with Crippen LogP contribution in [-0.4, -0.2) is 19.4 Å². The van der Waals surface area contributed by atoms with E-state index in [1.54, 1.807) is 18.4 Å². The minimum Gasteiger partial charge on any atom is -0.496 e. The standard InChI is InChI=1S/C12H13NO2S/c1-15-11-6-8-3-5-16-12(8)7-9(11)10(14)2-4-13/h3,5-7H,2,4,13H2,1H3. The SMILES string of the molecule is COc1cc2ccsc2cc1C(=O)CCN. The number of thiophene rings is 1. The molecule has 0 saturated heterocycles. The van der Waals surface area contributed by atoms with E-state index in [0.717, 1.165) is 10.1 Å². The van der Waals surface area contributed by atoms with Gasteiger partial charge in [-0.15, -0.1) is 11.3 Å². The molecule has 0 radical (unpaired) electrons. The first-order chi connectivity index (χ1) is 7.76. The van der Waals surface area contributed by atoms with Gasteiger partial charge in [0.25, 0.3) is 0 Å². The monoisotopic (exact) mass is 235 g/mol. The van der Waals surface area contributed by atoms with Gasteiger partial charge in [0.1, 0.15) is 5.75 Å². The summed E-state index contributed by atoms with van der Waals surface area (Å²) in [7, 11) is 1.58. The average Bonchev–Trinajstić information content (AvgIpc) is 2.74. The topological polar surface area (TPSA) is 52.3 Å². The molecule has 0 atom stereocenters. The number of ether oxygens (including phenoxy) is 1. The Hall–Kier alpha value is -1.39. The van der Waals surface area contributed by atoms with Crippen LogP contribution in [0.15, 0.2) is 23.6 Å². The second kappa shape index (κ2) is 4.63. The molecule has 84 valence electrons. The number of Topliss-reactive ketones (excluding diaryl/α,β-unsaturated/α-hetero) is 1. The summed E-state index contributed by atoms with van der Waals surface area (Å²) in [4.78, 5) is 11.8. The van der Waals surface area contributed by atoms with Crippen molar-refractivity contribution in [2.75, 3.05) is 13.7 Å². The first-order valence-electron chi connectivity index (χ1n) is 5.04. The number of carbonyl (C=O) groups excluding carboxylic acids is 1. The summed E-state index contributed by atoms with van der Waals surface area (Å²) in [5.74, 6) is 0.666. The number of methoxy groups -OCH3 is 1. The third-order valence-electron chi connectivity index (χ3n) is 2.45. The molecule has 4 heteroatoms. The van der Waals surface area contributed by atoms with Gasteiger partial charge in [-0.2, -0.15) is 0 Å². The molecule has 0 bridgehead atoms. The summed E-state index contributed by atoms with van der Waals surface area (Å²) in [5.41, 5.74) is 6.02. The molecule has 0 saturated carbocycles. The van der Waals surface area contributed by atoms with Gasteiger partial charge in [-0.3, -0.25) is 4.79 Å². The molecule has 0 fully saturated rings. The molecule has 0 amide bonds. The number of carbonyl (C=O) groups is 1. The molecule has 0 aliphatic carbocycles. The van der Waals surface area contributed by atoms with Gasteiger partial charge in [0.2, 0.25) is 0 Å². The van der Waals surface area contributed by atoms with E-state index in [1.165, 1.54) is 0 Å². The Kier molecular flexibility index (Phi) is 3.22. The van der Waals surface area contributed by atoms with Crippen molar-refractivity contribution in [2.45, 2.75) is 6.42 Å². The Morgan fingerprint density at radius 1 is 1.50 bits per heavy atom. The van der Waals surface area contributed by atoms with Crippen molar-refractivity contribution in [3.63, 3.8) is 0 Å². The van der Waals surface area contributed by atoms with Gasteiger partial charge in [0.05, 0.1) is 12.7 Å². The zero-order valence-electron chi connectivity index (χ0n) is 9.03. The minimum atomic E-state index is 0.0367. The van der Waals surface area contributed by atoms with Crippen LogP contribution in [0.1, 0.15) is 16.8 Å². The average molecular weight is 235 g/mol. The number of benzene rings is 1. The summed E-state index contributed by atoms with van der Waals surface area (Å²) in [6, 6.07) is 5.80. The Balaban J connectivity index is 2.52. The largest absolute Gasteiger partial charge is 0.496 e. The van der Waals surface area contributed by atoms with E-state index in [1.807, 2.05) is 23.6 Å². The zero-order valence-corrected chi connectivity index (χ0v) is 9.84. The van der Waals surface area contributed by atoms with E-state index in [4.69, 9.17) is 10.5 Å². The van der Waals surface area contributed by atoms with Crippen molar-refractivity contribution in [3.8, 4) is 5.75 Å². The highest BCUT2D eigenvalue weighted by molar-refractivity contribution is 7.17. The smallest absolute Gasteiger partial charge is 0.167 e. The van der Waals surface area contributed by atoms with Gasteiger partial charge in [-0.25, -0.2) is 0 Å². The van der Waals surface area contributed by atoms with E-state index in [-0.39, 0.29) is 5.78 Å². The van der Waals surface area contributed by atoms with E-state index in [0.29, 0.717) is 24.3 Å². The highest BCUT2D eigenvalue weighted by Crippen LogP contribution is 2.30. The fourth-order valence-electron chi connectivity index (χ4n) is 1.64. The Labute approximate surface area is 97.8 Å². The lowest BCUT2D eigenvalue weighted by molar-refractivity contribution is 0.0982. The molecule has 2 aromatic rings. The molecule has 0 aliphatic rings. The lowest BCUT2D eigenvalue weighted by Gasteiger charge is -2.07. The first kappa shape index (κ1) is 11.1. The minimum absolute atomic E-state index is 0.0367. The summed E-state index contributed by atoms with van der Waals surface area (Å²) >= 11 is 1.62. The van der Waals surface area contributed by atoms with Crippen molar-refractivity contribution < 1.29 is 9.53 Å². The lowest BCUT2D eigenvalue weighted by Crippen LogP contribution is -2.09. The molecule has 0 spiro atoms. The van der Waals surface area contributed by atoms with Crippen LogP contribution < -0.4 is 10.5 Å². The predicted molar refractivity (Wildman–Crippen MR) is 66.4 cm³/mol. The molecule has 1 aromatic heterocycles. The number of hydrogen-bond acceptors (Lipinski definition) is 4. The molecular weight excluding hydrogens is 222 g/mol. The molecular formula is C12H13NO2S. The third-order valence-corrected chi connectivity index (χ3v) is 3.33. The highest BCUT2D eigenvalue weighted by Gasteiger charge is 2.13. The number of fused-ring (bicyclic) bond motifs is 1. The molecule has 0 aliphatic heterocycles. The van der Waals surface area contributed by atoms with Crippen molar-refractivity contribution in [3.05, 3.63) is 29.1 Å². The fourth-order valence-corrected chi connectivity index (χ4v) is 2.45. The van der Waals surface area contributed by atoms with Crippen molar-refractivity contribution >= 4 is 27.2 Å². The van der Waals surface area contributed by atoms with E-state index in [9.17, 15) is 4.79 Å². The normalized spacial score (nSPS) is 10.6. The van der Waals surface area contributed by atoms with Crippen LogP contribution in [0.3, 0.4) is 0 Å². The maximum atomic E-state index is 11.8. The van der Waals surface area contributed by atoms with Gasteiger partial charge in [-0.1, -0.05) is 0 Å². The summed E-state index contributed by atoms with van der Waals surface area (Å²) in [6.45, 7) is 0.366. The predicted octanol–water partition coefficient (Wildman–Crippen LogP) is 2.44. The number of rotatable bonds is 4. The summed E-state index contributed by atoms with van der Waals surface area (Å²) in [5, 5.41) is 3.10. The summed E-state index contributed by atoms with van der Waals surface area (Å²) in [6.07, 6.45) is 0.354. The quantitative estimate of drug-likeness (QED) is 0.828. The number of ketones is 1. The van der Waals surface area contributed by atoms with Gasteiger partial charge >= 0.3 is 0 Å². The van der Waals surface area contributed by atoms with E-state index in [2.05, 4.69) is 0 Å². The molecule has 1 heterocycles. The first-order valence-corrected chi connectivity index (χ1v) is 5.92. The molecule has 3 nitrogen and oxygen atoms in total. The van der Waals surface area contributed by atoms with Crippen LogP contribution in [0, 0.1) is 0 Å². The second-order valence-corrected chi connectivity index (χ2v) is 4.42. The van der Waals surface area contributed by atoms with Crippen LogP contribution in [0.2, 0.25) is 0 Å². The van der Waals surface area contributed by atoms with Crippen LogP contribution in [0.25, 0.3) is 10.1 Å². The van der Waals surface area contributed by atoms with Gasteiger partial charge < -0.3 is 10.5 Å².